The molecule has 1 aromatic carbocycles. The Morgan fingerprint density at radius 1 is 1.21 bits per heavy atom. The molecule has 11 N–H and O–H groups in total. The predicted octanol–water partition coefficient (Wildman–Crippen LogP) is -2.84. The highest BCUT2D eigenvalue weighted by Gasteiger charge is 2.73. The largest absolute Gasteiger partial charge is 0.492 e. The Balaban J connectivity index is 1.25. The summed E-state index contributed by atoms with van der Waals surface area (Å²) in [5, 5.41) is 35.8. The number of nitrogens with two attached hydrogens (primary N) is 2. The van der Waals surface area contributed by atoms with Crippen LogP contribution in [0, 0.1) is 0 Å². The second kappa shape index (κ2) is 9.53. The number of rotatable bonds is 5. The SMILES string of the molecule is C=C1C=C(C(=O)NC[C@@H]2N=C(N)N3CC(NC(=O)c4cccc5c4OCCC5(F)F)C(O)(O)[C@@]34NC(N)=N[C@@H]24)NC(=O)N1. The molecule has 43 heavy (non-hydrogen) atoms. The van der Waals surface area contributed by atoms with Crippen molar-refractivity contribution >= 4 is 29.8 Å². The van der Waals surface area contributed by atoms with Crippen LogP contribution >= 0.6 is 0 Å². The quantitative estimate of drug-likeness (QED) is 0.156. The van der Waals surface area contributed by atoms with Crippen molar-refractivity contribution in [1.29, 1.82) is 0 Å². The summed E-state index contributed by atoms with van der Waals surface area (Å²) in [7, 11) is 0. The van der Waals surface area contributed by atoms with E-state index >= 15 is 0 Å². The van der Waals surface area contributed by atoms with Gasteiger partial charge in [-0.1, -0.05) is 12.6 Å². The molecule has 6 rings (SSSR count). The number of aliphatic hydroxyl groups is 2. The third-order valence-corrected chi connectivity index (χ3v) is 7.98. The van der Waals surface area contributed by atoms with Crippen LogP contribution in [0.1, 0.15) is 22.3 Å². The summed E-state index contributed by atoms with van der Waals surface area (Å²) in [6.45, 7) is 2.77. The lowest BCUT2D eigenvalue weighted by atomic mass is 9.85. The molecule has 0 saturated carbocycles. The number of guanidine groups is 2. The number of nitrogens with zero attached hydrogens (tertiary/aromatic N) is 3. The summed E-state index contributed by atoms with van der Waals surface area (Å²) < 4.78 is 34.3. The van der Waals surface area contributed by atoms with Gasteiger partial charge in [-0.2, -0.15) is 0 Å². The highest BCUT2D eigenvalue weighted by Crippen LogP contribution is 2.46. The Kier molecular flexibility index (Phi) is 6.24. The van der Waals surface area contributed by atoms with Gasteiger partial charge < -0.3 is 57.9 Å². The minimum atomic E-state index is -3.20. The summed E-state index contributed by atoms with van der Waals surface area (Å²) in [6, 6.07) is -0.503. The lowest BCUT2D eigenvalue weighted by Gasteiger charge is -2.49. The molecule has 0 aromatic heterocycles. The van der Waals surface area contributed by atoms with Gasteiger partial charge in [-0.3, -0.25) is 9.59 Å². The number of carbonyl (C=O) groups is 3. The molecule has 1 aromatic rings. The number of ether oxygens (including phenoxy) is 1. The van der Waals surface area contributed by atoms with Gasteiger partial charge in [0.1, 0.15) is 23.5 Å². The minimum absolute atomic E-state index is 0.0856. The summed E-state index contributed by atoms with van der Waals surface area (Å²) in [4.78, 5) is 47.8. The standard InChI is InChI=1S/C25H28F2N10O6/c1-10-7-13(33-22(40)31-10)19(39)30-8-14-17-24(36-20(28)35-17)25(41,42)15(9-37(24)21(29)32-14)34-18(38)11-3-2-4-12-16(11)43-6-5-23(12,26)27/h2-4,7,14-15,17,41-42H,1,5-6,8-9H2,(H2,29,32)(H,30,39)(H,34,38)(H3,28,35,36)(H2,31,33,40)/t14-,15?,17-,24-/m0/s1. The minimum Gasteiger partial charge on any atom is -0.492 e. The van der Waals surface area contributed by atoms with Crippen LogP contribution in [0.5, 0.6) is 5.75 Å². The van der Waals surface area contributed by atoms with Crippen molar-refractivity contribution in [1.82, 2.24) is 31.5 Å². The Hall–Kier alpha value is -4.97. The second-order valence-corrected chi connectivity index (χ2v) is 10.6. The zero-order valence-corrected chi connectivity index (χ0v) is 22.4. The van der Waals surface area contributed by atoms with Gasteiger partial charge in [0.2, 0.25) is 5.79 Å². The molecule has 5 aliphatic rings. The average Bonchev–Trinajstić information content (AvgIpc) is 3.40. The molecular weight excluding hydrogens is 574 g/mol. The Morgan fingerprint density at radius 3 is 2.72 bits per heavy atom. The van der Waals surface area contributed by atoms with Gasteiger partial charge in [-0.05, 0) is 18.2 Å². The second-order valence-electron chi connectivity index (χ2n) is 10.6. The lowest BCUT2D eigenvalue weighted by Crippen LogP contribution is -2.78. The van der Waals surface area contributed by atoms with Crippen LogP contribution in [0.3, 0.4) is 0 Å². The van der Waals surface area contributed by atoms with E-state index in [-0.39, 0.29) is 54.3 Å². The molecule has 4 amide bonds. The van der Waals surface area contributed by atoms with Crippen molar-refractivity contribution < 1.29 is 38.1 Å². The number of fused-ring (bicyclic) bond motifs is 1. The van der Waals surface area contributed by atoms with Gasteiger partial charge in [0.25, 0.3) is 17.7 Å². The number of urea groups is 1. The third kappa shape index (κ3) is 4.28. The summed E-state index contributed by atoms with van der Waals surface area (Å²) in [5.74, 6) is -8.26. The number of halogens is 2. The zero-order valence-electron chi connectivity index (χ0n) is 22.4. The van der Waals surface area contributed by atoms with E-state index in [1.54, 1.807) is 0 Å². The number of hydrogen-bond acceptors (Lipinski definition) is 12. The van der Waals surface area contributed by atoms with E-state index in [9.17, 15) is 33.4 Å². The van der Waals surface area contributed by atoms with Gasteiger partial charge >= 0.3 is 6.03 Å². The van der Waals surface area contributed by atoms with Gasteiger partial charge in [-0.15, -0.1) is 0 Å². The summed E-state index contributed by atoms with van der Waals surface area (Å²) in [6.07, 6.45) is 0.771. The molecule has 0 aliphatic carbocycles. The predicted molar refractivity (Wildman–Crippen MR) is 144 cm³/mol. The van der Waals surface area contributed by atoms with Crippen molar-refractivity contribution in [2.75, 3.05) is 19.7 Å². The van der Waals surface area contributed by atoms with E-state index in [1.807, 2.05) is 0 Å². The van der Waals surface area contributed by atoms with Gasteiger partial charge in [0.05, 0.1) is 30.2 Å². The Labute approximate surface area is 241 Å². The molecule has 1 spiro atoms. The van der Waals surface area contributed by atoms with Gasteiger partial charge in [0.15, 0.2) is 17.6 Å². The molecule has 5 heterocycles. The van der Waals surface area contributed by atoms with Crippen LogP contribution in [0.25, 0.3) is 0 Å². The molecule has 16 nitrogen and oxygen atoms in total. The van der Waals surface area contributed by atoms with E-state index in [0.29, 0.717) is 0 Å². The number of allylic oxidation sites excluding steroid dienone is 1. The van der Waals surface area contributed by atoms with E-state index < -0.39 is 65.3 Å². The average molecular weight is 603 g/mol. The molecule has 1 fully saturated rings. The molecule has 1 saturated heterocycles. The van der Waals surface area contributed by atoms with Crippen LogP contribution in [0.4, 0.5) is 13.6 Å². The van der Waals surface area contributed by atoms with E-state index in [1.165, 1.54) is 23.1 Å². The highest BCUT2D eigenvalue weighted by molar-refractivity contribution is 6.00. The van der Waals surface area contributed by atoms with E-state index in [0.717, 1.165) is 6.07 Å². The van der Waals surface area contributed by atoms with Crippen molar-refractivity contribution in [3.8, 4) is 5.75 Å². The van der Waals surface area contributed by atoms with Crippen LogP contribution < -0.4 is 42.8 Å². The highest BCUT2D eigenvalue weighted by atomic mass is 19.3. The van der Waals surface area contributed by atoms with Crippen LogP contribution in [-0.4, -0.2) is 94.1 Å². The zero-order chi connectivity index (χ0) is 30.9. The fraction of sp³-hybridized carbons (Fsp3) is 0.400. The monoisotopic (exact) mass is 602 g/mol. The number of benzene rings is 1. The maximum absolute atomic E-state index is 14.5. The van der Waals surface area contributed by atoms with Gasteiger partial charge in [0, 0.05) is 18.8 Å². The number of aliphatic imine (C=N–C) groups is 2. The number of nitrogens with one attached hydrogen (secondary N) is 5. The third-order valence-electron chi connectivity index (χ3n) is 7.98. The number of alkyl halides is 2. The Bertz CT molecular complexity index is 1540. The fourth-order valence-corrected chi connectivity index (χ4v) is 6.02. The molecule has 4 atom stereocenters. The Morgan fingerprint density at radius 2 is 1.98 bits per heavy atom. The maximum atomic E-state index is 14.5. The molecule has 5 aliphatic heterocycles. The molecule has 228 valence electrons. The van der Waals surface area contributed by atoms with Crippen LogP contribution in [-0.2, 0) is 10.7 Å². The first-order valence-electron chi connectivity index (χ1n) is 13.1. The maximum Gasteiger partial charge on any atom is 0.323 e. The van der Waals surface area contributed by atoms with Crippen molar-refractivity contribution in [3.05, 3.63) is 53.4 Å². The van der Waals surface area contributed by atoms with Crippen molar-refractivity contribution in [2.24, 2.45) is 21.5 Å². The van der Waals surface area contributed by atoms with Crippen LogP contribution in [0.2, 0.25) is 0 Å². The van der Waals surface area contributed by atoms with Crippen molar-refractivity contribution in [3.63, 3.8) is 0 Å². The first-order chi connectivity index (χ1) is 20.2. The molecular formula is C25H28F2N10O6. The number of amides is 4. The number of carbonyl (C=O) groups excluding carboxylic acids is 3. The molecule has 0 radical (unpaired) electrons. The molecule has 1 unspecified atom stereocenters. The summed E-state index contributed by atoms with van der Waals surface area (Å²) >= 11 is 0. The van der Waals surface area contributed by atoms with Crippen LogP contribution in [0.15, 0.2) is 52.2 Å². The van der Waals surface area contributed by atoms with E-state index in [4.69, 9.17) is 16.2 Å². The van der Waals surface area contributed by atoms with Gasteiger partial charge in [-0.25, -0.2) is 23.6 Å². The molecule has 0 bridgehead atoms. The smallest absolute Gasteiger partial charge is 0.323 e. The van der Waals surface area contributed by atoms with Crippen molar-refractivity contribution in [2.45, 2.75) is 41.9 Å². The summed E-state index contributed by atoms with van der Waals surface area (Å²) in [5.41, 5.74) is 9.73. The molecule has 18 heteroatoms. The first kappa shape index (κ1) is 28.2. The fourth-order valence-electron chi connectivity index (χ4n) is 6.02. The topological polar surface area (TPSA) is 241 Å². The number of para-hydroxylation sites is 1. The number of hydrogen-bond donors (Lipinski definition) is 9. The normalized spacial score (nSPS) is 29.6. The lowest BCUT2D eigenvalue weighted by molar-refractivity contribution is -0.230. The van der Waals surface area contributed by atoms with E-state index in [2.05, 4.69) is 43.1 Å². The first-order valence-corrected chi connectivity index (χ1v) is 13.1.